The van der Waals surface area contributed by atoms with Crippen molar-refractivity contribution in [3.63, 3.8) is 0 Å². The number of carbonyl (C=O) groups excluding carboxylic acids is 5. The van der Waals surface area contributed by atoms with Crippen LogP contribution in [0.2, 0.25) is 0 Å². The van der Waals surface area contributed by atoms with Crippen molar-refractivity contribution in [2.45, 2.75) is 66.3 Å². The number of aryl methyl sites for hydroxylation is 1. The number of fused-ring (bicyclic) bond motifs is 1. The lowest BCUT2D eigenvalue weighted by atomic mass is 10.0. The van der Waals surface area contributed by atoms with Crippen molar-refractivity contribution < 1.29 is 38.2 Å². The van der Waals surface area contributed by atoms with Crippen LogP contribution in [0.3, 0.4) is 0 Å². The third-order valence-electron chi connectivity index (χ3n) is 12.8. The van der Waals surface area contributed by atoms with Crippen LogP contribution in [0.4, 0.5) is 21.9 Å². The molecular weight excluding hydrogens is 905 g/mol. The number of aromatic amines is 2. The zero-order valence-electron chi connectivity index (χ0n) is 41.4. The van der Waals surface area contributed by atoms with Crippen molar-refractivity contribution >= 4 is 58.4 Å². The van der Waals surface area contributed by atoms with Crippen molar-refractivity contribution in [1.29, 1.82) is 0 Å². The summed E-state index contributed by atoms with van der Waals surface area (Å²) in [5.41, 5.74) is 7.74. The summed E-state index contributed by atoms with van der Waals surface area (Å²) in [6.07, 6.45) is 7.84. The van der Waals surface area contributed by atoms with Crippen molar-refractivity contribution in [2.75, 3.05) is 88.6 Å². The number of methoxy groups -OCH3 is 1. The van der Waals surface area contributed by atoms with Crippen LogP contribution in [-0.2, 0) is 25.7 Å². The van der Waals surface area contributed by atoms with Gasteiger partial charge in [0.25, 0.3) is 11.8 Å². The Balaban J connectivity index is 0.925. The molecule has 0 unspecified atom stereocenters. The Morgan fingerprint density at radius 1 is 0.915 bits per heavy atom. The van der Waals surface area contributed by atoms with Crippen LogP contribution >= 0.6 is 0 Å². The van der Waals surface area contributed by atoms with E-state index < -0.39 is 12.0 Å². The molecule has 1 fully saturated rings. The third kappa shape index (κ3) is 13.9. The van der Waals surface area contributed by atoms with E-state index in [9.17, 15) is 24.0 Å². The number of aromatic nitrogens is 3. The molecule has 5 aromatic rings. The number of benzene rings is 3. The maximum atomic E-state index is 14.1. The molecule has 376 valence electrons. The summed E-state index contributed by atoms with van der Waals surface area (Å²) in [6.45, 7) is 14.4. The van der Waals surface area contributed by atoms with Crippen LogP contribution in [0, 0.1) is 13.8 Å². The average molecular weight is 971 g/mol. The molecule has 0 saturated carbocycles. The topological polar surface area (TPSA) is 215 Å². The largest absolute Gasteiger partial charge is 0.497 e. The number of hydrogen-bond donors (Lipinski definition) is 6. The molecular formula is C53H66N10O8. The van der Waals surface area contributed by atoms with Gasteiger partial charge >= 0.3 is 12.0 Å². The van der Waals surface area contributed by atoms with E-state index in [1.165, 1.54) is 12.8 Å². The summed E-state index contributed by atoms with van der Waals surface area (Å²) in [7, 11) is 1.58. The molecule has 0 aliphatic carbocycles. The number of anilines is 3. The van der Waals surface area contributed by atoms with Gasteiger partial charge in [-0.05, 0) is 125 Å². The third-order valence-corrected chi connectivity index (χ3v) is 12.8. The highest BCUT2D eigenvalue weighted by Gasteiger charge is 2.27. The fraction of sp³-hybridized carbons (Fsp3) is 0.396. The predicted octanol–water partition coefficient (Wildman–Crippen LogP) is 7.46. The van der Waals surface area contributed by atoms with Crippen molar-refractivity contribution in [1.82, 2.24) is 35.2 Å². The number of ether oxygens (including phenoxy) is 3. The number of amides is 5. The second-order valence-corrected chi connectivity index (χ2v) is 17.6. The highest BCUT2D eigenvalue weighted by Crippen LogP contribution is 2.36. The molecule has 18 heteroatoms. The molecule has 5 amide bonds. The zero-order chi connectivity index (χ0) is 50.3. The molecule has 0 atom stereocenters. The normalized spacial score (nSPS) is 13.8. The van der Waals surface area contributed by atoms with E-state index in [-0.39, 0.29) is 56.7 Å². The first kappa shape index (κ1) is 51.4. The number of likely N-dealkylation sites (N-methyl/N-ethyl adjacent to an activating group) is 1. The van der Waals surface area contributed by atoms with Crippen LogP contribution in [0.5, 0.6) is 11.5 Å². The highest BCUT2D eigenvalue weighted by atomic mass is 16.5. The Hall–Kier alpha value is -7.44. The Morgan fingerprint density at radius 3 is 2.49 bits per heavy atom. The number of nitrogens with one attached hydrogen (secondary N) is 6. The first-order chi connectivity index (χ1) is 34.4. The van der Waals surface area contributed by atoms with E-state index in [1.54, 1.807) is 48.7 Å². The van der Waals surface area contributed by atoms with Gasteiger partial charge in [0.05, 0.1) is 36.7 Å². The number of carbonyl (C=O) groups is 5. The van der Waals surface area contributed by atoms with Gasteiger partial charge in [-0.2, -0.15) is 5.10 Å². The van der Waals surface area contributed by atoms with Gasteiger partial charge in [0.1, 0.15) is 24.7 Å². The first-order valence-corrected chi connectivity index (χ1v) is 24.4. The molecule has 71 heavy (non-hydrogen) atoms. The molecule has 2 aliphatic heterocycles. The van der Waals surface area contributed by atoms with E-state index in [4.69, 9.17) is 14.2 Å². The van der Waals surface area contributed by atoms with Crippen molar-refractivity contribution in [3.05, 3.63) is 107 Å². The average Bonchev–Trinajstić information content (AvgIpc) is 4.20. The molecule has 2 aromatic heterocycles. The molecule has 0 spiro atoms. The Bertz CT molecular complexity index is 2690. The molecule has 1 saturated heterocycles. The Kier molecular flexibility index (Phi) is 18.0. The molecule has 0 bridgehead atoms. The number of likely N-dealkylation sites (tertiary alicyclic amines) is 1. The van der Waals surface area contributed by atoms with Crippen LogP contribution < -0.4 is 30.7 Å². The fourth-order valence-electron chi connectivity index (χ4n) is 8.79. The van der Waals surface area contributed by atoms with Gasteiger partial charge in [-0.3, -0.25) is 29.2 Å². The van der Waals surface area contributed by atoms with Crippen LogP contribution in [-0.4, -0.2) is 132 Å². The van der Waals surface area contributed by atoms with Gasteiger partial charge in [-0.15, -0.1) is 0 Å². The van der Waals surface area contributed by atoms with Crippen LogP contribution in [0.25, 0.3) is 22.8 Å². The van der Waals surface area contributed by atoms with E-state index >= 15 is 0 Å². The van der Waals surface area contributed by atoms with Gasteiger partial charge in [-0.1, -0.05) is 32.0 Å². The molecule has 2 aliphatic rings. The Morgan fingerprint density at radius 2 is 1.73 bits per heavy atom. The standard InChI is InChI=1S/C53H66N10O8/c1-6-61(7-2)23-20-54-52(67)50-35(3)46(57-36(50)4)31-43-42-30-40(17-19-44(42)59-51(43)66)58-48(64)14-11-15-49(65)71-27-25-63(34-37-12-10-13-41(28-37)69-5)53(68)60-45-18-16-38(39-32-55-56-33-39)29-47(45)70-26-24-62-21-8-9-22-62/h10,12-13,16-19,28-33,57H,6-9,11,14-15,20-27,34H2,1-5H3,(H,54,67)(H,55,56)(H,58,64)(H,59,66)(H,60,68)/b43-31-. The van der Waals surface area contributed by atoms with E-state index in [0.29, 0.717) is 69.8 Å². The highest BCUT2D eigenvalue weighted by molar-refractivity contribution is 6.35. The molecule has 18 nitrogen and oxygen atoms in total. The van der Waals surface area contributed by atoms with Gasteiger partial charge in [0.2, 0.25) is 5.91 Å². The summed E-state index contributed by atoms with van der Waals surface area (Å²) < 4.78 is 17.3. The molecule has 4 heterocycles. The van der Waals surface area contributed by atoms with E-state index in [1.807, 2.05) is 56.3 Å². The molecule has 3 aromatic carbocycles. The summed E-state index contributed by atoms with van der Waals surface area (Å²) in [6, 6.07) is 17.7. The minimum atomic E-state index is -0.505. The minimum absolute atomic E-state index is 0.0169. The van der Waals surface area contributed by atoms with Crippen LogP contribution in [0.1, 0.15) is 84.4 Å². The summed E-state index contributed by atoms with van der Waals surface area (Å²) in [4.78, 5) is 75.9. The molecule has 6 N–H and O–H groups in total. The maximum absolute atomic E-state index is 14.1. The van der Waals surface area contributed by atoms with E-state index in [0.717, 1.165) is 61.5 Å². The minimum Gasteiger partial charge on any atom is -0.497 e. The maximum Gasteiger partial charge on any atom is 0.322 e. The summed E-state index contributed by atoms with van der Waals surface area (Å²) in [5, 5.41) is 18.7. The predicted molar refractivity (Wildman–Crippen MR) is 274 cm³/mol. The number of urea groups is 1. The van der Waals surface area contributed by atoms with Gasteiger partial charge in [0, 0.05) is 79.1 Å². The van der Waals surface area contributed by atoms with Gasteiger partial charge in [-0.25, -0.2) is 4.79 Å². The van der Waals surface area contributed by atoms with Crippen molar-refractivity contribution in [2.24, 2.45) is 0 Å². The SMILES string of the molecule is CCN(CC)CCNC(=O)c1c(C)[nH]c(/C=C2\C(=O)Nc3ccc(NC(=O)CCCC(=O)OCCN(Cc4cccc(OC)c4)C(=O)Nc4ccc(-c5cn[nH]c5)cc4OCCN4CCCC4)cc32)c1C. The second-order valence-electron chi connectivity index (χ2n) is 17.6. The number of nitrogens with zero attached hydrogens (tertiary/aromatic N) is 4. The lowest BCUT2D eigenvalue weighted by molar-refractivity contribution is -0.144. The zero-order valence-corrected chi connectivity index (χ0v) is 41.4. The van der Waals surface area contributed by atoms with Crippen LogP contribution in [0.15, 0.2) is 73.1 Å². The van der Waals surface area contributed by atoms with Crippen molar-refractivity contribution in [3.8, 4) is 22.6 Å². The monoisotopic (exact) mass is 971 g/mol. The lowest BCUT2D eigenvalue weighted by Gasteiger charge is -2.24. The molecule has 7 rings (SSSR count). The lowest BCUT2D eigenvalue weighted by Crippen LogP contribution is -2.37. The first-order valence-electron chi connectivity index (χ1n) is 24.4. The number of rotatable bonds is 24. The summed E-state index contributed by atoms with van der Waals surface area (Å²) >= 11 is 0. The number of esters is 1. The quantitative estimate of drug-likeness (QED) is 0.0264. The number of H-pyrrole nitrogens is 2. The smallest absolute Gasteiger partial charge is 0.322 e. The van der Waals surface area contributed by atoms with E-state index in [2.05, 4.69) is 60.1 Å². The van der Waals surface area contributed by atoms with Gasteiger partial charge in [0.15, 0.2) is 0 Å². The second kappa shape index (κ2) is 24.9. The fourth-order valence-corrected chi connectivity index (χ4v) is 8.79. The molecule has 0 radical (unpaired) electrons. The van der Waals surface area contributed by atoms with Gasteiger partial charge < -0.3 is 50.3 Å². The number of hydrogen-bond acceptors (Lipinski definition) is 11. The summed E-state index contributed by atoms with van der Waals surface area (Å²) in [5.74, 6) is -0.135. The Labute approximate surface area is 414 Å².